The molecule has 2 heteroatoms. The van der Waals surface area contributed by atoms with E-state index in [-0.39, 0.29) is 0 Å². The summed E-state index contributed by atoms with van der Waals surface area (Å²) in [7, 11) is -1.57. The molecule has 0 saturated heterocycles. The molecule has 1 fully saturated rings. The maximum absolute atomic E-state index is 12.6. The van der Waals surface area contributed by atoms with Crippen molar-refractivity contribution >= 4 is 13.9 Å². The van der Waals surface area contributed by atoms with Gasteiger partial charge in [-0.3, -0.25) is 4.79 Å². The number of hydrogen-bond acceptors (Lipinski definition) is 1. The summed E-state index contributed by atoms with van der Waals surface area (Å²) in [5, 5.41) is 0. The van der Waals surface area contributed by atoms with E-state index in [0.717, 1.165) is 12.8 Å². The van der Waals surface area contributed by atoms with E-state index in [0.29, 0.717) is 27.9 Å². The minimum absolute atomic E-state index is 0.431. The van der Waals surface area contributed by atoms with Crippen molar-refractivity contribution in [3.63, 3.8) is 0 Å². The Morgan fingerprint density at radius 1 is 0.889 bits per heavy atom. The molecule has 1 rings (SSSR count). The molecule has 0 bridgehead atoms. The molecule has 0 aromatic carbocycles. The molecule has 0 amide bonds. The SMILES string of the molecule is CC(C)[Si](C(C)C)(C(C)C)C1CCCCCC1=O. The first kappa shape index (κ1) is 15.9. The van der Waals surface area contributed by atoms with Crippen molar-refractivity contribution in [2.45, 2.75) is 95.8 Å². The Bertz CT molecular complexity index is 259. The highest BCUT2D eigenvalue weighted by Crippen LogP contribution is 2.52. The van der Waals surface area contributed by atoms with Gasteiger partial charge < -0.3 is 0 Å². The average Bonchev–Trinajstić information content (AvgIpc) is 2.44. The van der Waals surface area contributed by atoms with Crippen LogP contribution in [0.3, 0.4) is 0 Å². The van der Waals surface area contributed by atoms with Gasteiger partial charge >= 0.3 is 0 Å². The number of hydrogen-bond donors (Lipinski definition) is 0. The second-order valence-corrected chi connectivity index (χ2v) is 13.2. The van der Waals surface area contributed by atoms with Crippen molar-refractivity contribution in [1.29, 1.82) is 0 Å². The third-order valence-corrected chi connectivity index (χ3v) is 13.2. The second-order valence-electron chi connectivity index (χ2n) is 7.08. The number of Topliss-reactive ketones (excluding diaryl/α,β-unsaturated/α-hetero) is 1. The van der Waals surface area contributed by atoms with Crippen molar-refractivity contribution in [2.24, 2.45) is 0 Å². The number of ketones is 1. The van der Waals surface area contributed by atoms with Crippen LogP contribution in [0, 0.1) is 0 Å². The van der Waals surface area contributed by atoms with Gasteiger partial charge in [0.25, 0.3) is 0 Å². The van der Waals surface area contributed by atoms with Gasteiger partial charge in [0, 0.05) is 12.0 Å². The summed E-state index contributed by atoms with van der Waals surface area (Å²) in [6, 6.07) is 0. The lowest BCUT2D eigenvalue weighted by Gasteiger charge is -2.48. The number of carbonyl (C=O) groups excluding carboxylic acids is 1. The molecule has 106 valence electrons. The summed E-state index contributed by atoms with van der Waals surface area (Å²) in [5.74, 6) is 0.607. The van der Waals surface area contributed by atoms with Gasteiger partial charge in [-0.1, -0.05) is 54.4 Å². The quantitative estimate of drug-likeness (QED) is 0.481. The molecule has 1 aliphatic rings. The van der Waals surface area contributed by atoms with Crippen LogP contribution in [0.2, 0.25) is 22.2 Å². The Labute approximate surface area is 115 Å². The lowest BCUT2D eigenvalue weighted by molar-refractivity contribution is -0.119. The van der Waals surface area contributed by atoms with Gasteiger partial charge in [0.05, 0.1) is 8.07 Å². The molecule has 1 saturated carbocycles. The van der Waals surface area contributed by atoms with E-state index in [1.54, 1.807) is 0 Å². The number of rotatable bonds is 4. The summed E-state index contributed by atoms with van der Waals surface area (Å²) in [4.78, 5) is 12.6. The molecule has 0 radical (unpaired) electrons. The maximum Gasteiger partial charge on any atom is 0.133 e. The van der Waals surface area contributed by atoms with Crippen LogP contribution in [0.5, 0.6) is 0 Å². The van der Waals surface area contributed by atoms with Crippen LogP contribution in [-0.2, 0) is 4.79 Å². The summed E-state index contributed by atoms with van der Waals surface area (Å²) in [5.41, 5.74) is 2.57. The van der Waals surface area contributed by atoms with E-state index >= 15 is 0 Å². The predicted octanol–water partition coefficient (Wildman–Crippen LogP) is 5.57. The molecule has 0 aromatic heterocycles. The van der Waals surface area contributed by atoms with Gasteiger partial charge in [-0.2, -0.15) is 0 Å². The zero-order chi connectivity index (χ0) is 13.9. The van der Waals surface area contributed by atoms with Crippen molar-refractivity contribution < 1.29 is 4.79 Å². The standard InChI is InChI=1S/C16H32OSi/c1-12(2)18(13(3)4,14(5)6)16-11-9-7-8-10-15(16)17/h12-14,16H,7-11H2,1-6H3. The first-order valence-electron chi connectivity index (χ1n) is 7.87. The first-order valence-corrected chi connectivity index (χ1v) is 10.2. The van der Waals surface area contributed by atoms with Crippen LogP contribution in [0.4, 0.5) is 0 Å². The topological polar surface area (TPSA) is 17.1 Å². The van der Waals surface area contributed by atoms with Gasteiger partial charge in [-0.15, -0.1) is 0 Å². The van der Waals surface area contributed by atoms with Gasteiger partial charge in [0.2, 0.25) is 0 Å². The monoisotopic (exact) mass is 268 g/mol. The molecular weight excluding hydrogens is 236 g/mol. The van der Waals surface area contributed by atoms with Gasteiger partial charge in [-0.25, -0.2) is 0 Å². The van der Waals surface area contributed by atoms with Crippen molar-refractivity contribution in [1.82, 2.24) is 0 Å². The normalized spacial score (nSPS) is 22.9. The molecule has 1 nitrogen and oxygen atoms in total. The van der Waals surface area contributed by atoms with Gasteiger partial charge in [0.15, 0.2) is 0 Å². The Hall–Kier alpha value is -0.113. The lowest BCUT2D eigenvalue weighted by atomic mass is 10.2. The molecule has 0 aliphatic heterocycles. The average molecular weight is 269 g/mol. The van der Waals surface area contributed by atoms with E-state index in [1.165, 1.54) is 19.3 Å². The van der Waals surface area contributed by atoms with E-state index in [1.807, 2.05) is 0 Å². The highest BCUT2D eigenvalue weighted by molar-refractivity contribution is 6.87. The highest BCUT2D eigenvalue weighted by atomic mass is 28.3. The highest BCUT2D eigenvalue weighted by Gasteiger charge is 2.51. The molecular formula is C16H32OSi. The summed E-state index contributed by atoms with van der Waals surface area (Å²) >= 11 is 0. The summed E-state index contributed by atoms with van der Waals surface area (Å²) in [6.07, 6.45) is 5.71. The Morgan fingerprint density at radius 2 is 1.39 bits per heavy atom. The van der Waals surface area contributed by atoms with Crippen LogP contribution < -0.4 is 0 Å². The second kappa shape index (κ2) is 6.36. The molecule has 0 heterocycles. The Kier molecular flexibility index (Phi) is 5.63. The van der Waals surface area contributed by atoms with Crippen LogP contribution in [0.25, 0.3) is 0 Å². The van der Waals surface area contributed by atoms with Crippen molar-refractivity contribution in [3.8, 4) is 0 Å². The van der Waals surface area contributed by atoms with Crippen LogP contribution >= 0.6 is 0 Å². The fraction of sp³-hybridized carbons (Fsp3) is 0.938. The van der Waals surface area contributed by atoms with E-state index < -0.39 is 8.07 Å². The summed E-state index contributed by atoms with van der Waals surface area (Å²) < 4.78 is 0. The van der Waals surface area contributed by atoms with Crippen LogP contribution in [0.1, 0.15) is 73.6 Å². The maximum atomic E-state index is 12.6. The Morgan fingerprint density at radius 3 is 1.83 bits per heavy atom. The molecule has 18 heavy (non-hydrogen) atoms. The zero-order valence-corrected chi connectivity index (χ0v) is 14.3. The first-order chi connectivity index (χ1) is 8.35. The largest absolute Gasteiger partial charge is 0.300 e. The molecule has 0 N–H and O–H groups in total. The van der Waals surface area contributed by atoms with Crippen molar-refractivity contribution in [2.75, 3.05) is 0 Å². The van der Waals surface area contributed by atoms with E-state index in [2.05, 4.69) is 41.5 Å². The van der Waals surface area contributed by atoms with Crippen molar-refractivity contribution in [3.05, 3.63) is 0 Å². The third-order valence-electron chi connectivity index (χ3n) is 5.41. The lowest BCUT2D eigenvalue weighted by Crippen LogP contribution is -2.51. The van der Waals surface area contributed by atoms with E-state index in [9.17, 15) is 4.79 Å². The fourth-order valence-electron chi connectivity index (χ4n) is 4.90. The predicted molar refractivity (Wildman–Crippen MR) is 82.9 cm³/mol. The van der Waals surface area contributed by atoms with Crippen LogP contribution in [0.15, 0.2) is 0 Å². The van der Waals surface area contributed by atoms with Gasteiger partial charge in [0.1, 0.15) is 5.78 Å². The minimum Gasteiger partial charge on any atom is -0.300 e. The third kappa shape index (κ3) is 2.73. The molecule has 1 unspecified atom stereocenters. The Balaban J connectivity index is 3.18. The van der Waals surface area contributed by atoms with E-state index in [4.69, 9.17) is 0 Å². The van der Waals surface area contributed by atoms with Crippen LogP contribution in [-0.4, -0.2) is 13.9 Å². The zero-order valence-electron chi connectivity index (χ0n) is 13.3. The number of carbonyl (C=O) groups is 1. The molecule has 0 aromatic rings. The molecule has 1 atom stereocenters. The van der Waals surface area contributed by atoms with Gasteiger partial charge in [-0.05, 0) is 29.5 Å². The smallest absolute Gasteiger partial charge is 0.133 e. The summed E-state index contributed by atoms with van der Waals surface area (Å²) in [6.45, 7) is 14.3. The minimum atomic E-state index is -1.57. The molecule has 0 spiro atoms. The fourth-order valence-corrected chi connectivity index (χ4v) is 12.7. The molecule has 1 aliphatic carbocycles.